The molecule has 0 saturated heterocycles. The molecule has 0 saturated carbocycles. The number of benzene rings is 1. The Kier molecular flexibility index (Phi) is 3.85. The Hall–Kier alpha value is -1.65. The zero-order valence-corrected chi connectivity index (χ0v) is 12.7. The summed E-state index contributed by atoms with van der Waals surface area (Å²) >= 11 is 3.37. The lowest BCUT2D eigenvalue weighted by atomic mass is 9.98. The molecule has 1 unspecified atom stereocenters. The van der Waals surface area contributed by atoms with Crippen LogP contribution in [0.25, 0.3) is 10.8 Å². The third-order valence-corrected chi connectivity index (χ3v) is 3.74. The van der Waals surface area contributed by atoms with Crippen LogP contribution in [0.4, 0.5) is 0 Å². The monoisotopic (exact) mass is 330 g/mol. The second-order valence-electron chi connectivity index (χ2n) is 4.58. The van der Waals surface area contributed by atoms with Crippen molar-refractivity contribution in [1.82, 2.24) is 10.3 Å². The molecule has 0 aliphatic carbocycles. The lowest BCUT2D eigenvalue weighted by Crippen LogP contribution is -2.21. The van der Waals surface area contributed by atoms with Crippen LogP contribution in [0.1, 0.15) is 24.3 Å². The first kappa shape index (κ1) is 13.3. The summed E-state index contributed by atoms with van der Waals surface area (Å²) in [6.07, 6.45) is 3.73. The number of pyridine rings is 1. The van der Waals surface area contributed by atoms with Crippen molar-refractivity contribution < 1.29 is 4.42 Å². The van der Waals surface area contributed by atoms with Crippen LogP contribution in [0, 0.1) is 0 Å². The van der Waals surface area contributed by atoms with Gasteiger partial charge in [-0.1, -0.05) is 25.1 Å². The van der Waals surface area contributed by atoms with E-state index in [-0.39, 0.29) is 6.04 Å². The number of fused-ring (bicyclic) bond motifs is 1. The number of furan rings is 1. The third-order valence-electron chi connectivity index (χ3n) is 3.32. The molecule has 3 nitrogen and oxygen atoms in total. The molecule has 0 bridgehead atoms. The van der Waals surface area contributed by atoms with Gasteiger partial charge >= 0.3 is 0 Å². The lowest BCUT2D eigenvalue weighted by Gasteiger charge is -2.18. The van der Waals surface area contributed by atoms with Crippen LogP contribution in [-0.2, 0) is 0 Å². The highest BCUT2D eigenvalue weighted by molar-refractivity contribution is 9.10. The van der Waals surface area contributed by atoms with Gasteiger partial charge in [0, 0.05) is 17.8 Å². The summed E-state index contributed by atoms with van der Waals surface area (Å²) in [6.45, 7) is 2.95. The molecule has 0 amide bonds. The van der Waals surface area contributed by atoms with Crippen molar-refractivity contribution in [3.05, 3.63) is 64.8 Å². The molecule has 3 aromatic rings. The van der Waals surface area contributed by atoms with Gasteiger partial charge in [-0.15, -0.1) is 0 Å². The summed E-state index contributed by atoms with van der Waals surface area (Å²) in [4.78, 5) is 4.25. The van der Waals surface area contributed by atoms with Crippen LogP contribution >= 0.6 is 15.9 Å². The Morgan fingerprint density at radius 1 is 1.25 bits per heavy atom. The first-order valence-corrected chi connectivity index (χ1v) is 7.40. The molecule has 2 aromatic heterocycles. The number of rotatable bonds is 4. The molecular weight excluding hydrogens is 316 g/mol. The Morgan fingerprint density at radius 3 is 2.90 bits per heavy atom. The van der Waals surface area contributed by atoms with E-state index in [1.807, 2.05) is 30.6 Å². The van der Waals surface area contributed by atoms with E-state index in [4.69, 9.17) is 4.42 Å². The molecule has 4 heteroatoms. The Morgan fingerprint density at radius 2 is 2.15 bits per heavy atom. The van der Waals surface area contributed by atoms with Crippen LogP contribution in [0.15, 0.2) is 57.9 Å². The molecule has 0 fully saturated rings. The summed E-state index contributed by atoms with van der Waals surface area (Å²) in [5.41, 5.74) is 1.18. The van der Waals surface area contributed by atoms with Crippen LogP contribution in [-0.4, -0.2) is 11.5 Å². The van der Waals surface area contributed by atoms with Crippen LogP contribution in [0.3, 0.4) is 0 Å². The molecule has 102 valence electrons. The van der Waals surface area contributed by atoms with Gasteiger partial charge in [-0.25, -0.2) is 0 Å². The molecular formula is C16H15BrN2O. The molecule has 0 aliphatic heterocycles. The van der Waals surface area contributed by atoms with E-state index in [9.17, 15) is 0 Å². The fourth-order valence-corrected chi connectivity index (χ4v) is 2.76. The minimum Gasteiger partial charge on any atom is -0.452 e. The predicted molar refractivity (Wildman–Crippen MR) is 83.7 cm³/mol. The molecule has 2 heterocycles. The molecule has 0 aliphatic rings. The molecule has 1 atom stereocenters. The first-order valence-electron chi connectivity index (χ1n) is 6.61. The van der Waals surface area contributed by atoms with Gasteiger partial charge < -0.3 is 9.73 Å². The fraction of sp³-hybridized carbons (Fsp3) is 0.188. The zero-order valence-electron chi connectivity index (χ0n) is 11.1. The Bertz CT molecular complexity index is 718. The molecule has 0 spiro atoms. The highest BCUT2D eigenvalue weighted by atomic mass is 79.9. The van der Waals surface area contributed by atoms with Gasteiger partial charge in [0.05, 0.1) is 6.04 Å². The number of aromatic nitrogens is 1. The van der Waals surface area contributed by atoms with Crippen molar-refractivity contribution in [2.75, 3.05) is 6.54 Å². The summed E-state index contributed by atoms with van der Waals surface area (Å²) in [7, 11) is 0. The lowest BCUT2D eigenvalue weighted by molar-refractivity contribution is 0.438. The third kappa shape index (κ3) is 2.49. The van der Waals surface area contributed by atoms with E-state index < -0.39 is 0 Å². The van der Waals surface area contributed by atoms with Crippen LogP contribution in [0.5, 0.6) is 0 Å². The van der Waals surface area contributed by atoms with Crippen molar-refractivity contribution in [3.8, 4) is 0 Å². The van der Waals surface area contributed by atoms with E-state index in [1.54, 1.807) is 0 Å². The average molecular weight is 331 g/mol. The second-order valence-corrected chi connectivity index (χ2v) is 5.36. The summed E-state index contributed by atoms with van der Waals surface area (Å²) < 4.78 is 6.48. The largest absolute Gasteiger partial charge is 0.452 e. The van der Waals surface area contributed by atoms with Gasteiger partial charge in [0.2, 0.25) is 0 Å². The van der Waals surface area contributed by atoms with Crippen molar-refractivity contribution in [2.24, 2.45) is 0 Å². The SMILES string of the molecule is CCNC(c1ccc(Br)o1)c1cccc2ccncc12. The maximum absolute atomic E-state index is 5.74. The molecule has 20 heavy (non-hydrogen) atoms. The van der Waals surface area contributed by atoms with Crippen molar-refractivity contribution >= 4 is 26.7 Å². The Balaban J connectivity index is 2.14. The van der Waals surface area contributed by atoms with Gasteiger partial charge in [-0.3, -0.25) is 4.98 Å². The van der Waals surface area contributed by atoms with Gasteiger partial charge in [0.25, 0.3) is 0 Å². The molecule has 1 N–H and O–H groups in total. The van der Waals surface area contributed by atoms with Gasteiger partial charge in [-0.2, -0.15) is 0 Å². The summed E-state index contributed by atoms with van der Waals surface area (Å²) in [5.74, 6) is 0.898. The maximum Gasteiger partial charge on any atom is 0.169 e. The van der Waals surface area contributed by atoms with E-state index in [0.717, 1.165) is 22.4 Å². The van der Waals surface area contributed by atoms with E-state index in [0.29, 0.717) is 0 Å². The highest BCUT2D eigenvalue weighted by Gasteiger charge is 2.18. The van der Waals surface area contributed by atoms with Crippen LogP contribution < -0.4 is 5.32 Å². The minimum absolute atomic E-state index is 0.0270. The van der Waals surface area contributed by atoms with Gasteiger partial charge in [0.1, 0.15) is 5.76 Å². The Labute approximate surface area is 126 Å². The quantitative estimate of drug-likeness (QED) is 0.775. The number of nitrogens with one attached hydrogen (secondary N) is 1. The predicted octanol–water partition coefficient (Wildman–Crippen LogP) is 4.29. The summed E-state index contributed by atoms with van der Waals surface area (Å²) in [6, 6.07) is 12.3. The average Bonchev–Trinajstić information content (AvgIpc) is 2.91. The fourth-order valence-electron chi connectivity index (χ4n) is 2.44. The van der Waals surface area contributed by atoms with Crippen LogP contribution in [0.2, 0.25) is 0 Å². The normalized spacial score (nSPS) is 12.7. The zero-order chi connectivity index (χ0) is 13.9. The standard InChI is InChI=1S/C16H15BrN2O/c1-2-19-16(14-6-7-15(17)20-14)12-5-3-4-11-8-9-18-10-13(11)12/h3-10,16,19H,2H2,1H3. The first-order chi connectivity index (χ1) is 9.79. The number of nitrogens with zero attached hydrogens (tertiary/aromatic N) is 1. The number of hydrogen-bond donors (Lipinski definition) is 1. The number of halogens is 1. The molecule has 3 rings (SSSR count). The molecule has 0 radical (unpaired) electrons. The second kappa shape index (κ2) is 5.77. The molecule has 1 aromatic carbocycles. The number of hydrogen-bond acceptors (Lipinski definition) is 3. The summed E-state index contributed by atoms with van der Waals surface area (Å²) in [5, 5.41) is 5.81. The smallest absolute Gasteiger partial charge is 0.169 e. The van der Waals surface area contributed by atoms with Crippen molar-refractivity contribution in [2.45, 2.75) is 13.0 Å². The highest BCUT2D eigenvalue weighted by Crippen LogP contribution is 2.30. The van der Waals surface area contributed by atoms with Crippen molar-refractivity contribution in [3.63, 3.8) is 0 Å². The maximum atomic E-state index is 5.74. The topological polar surface area (TPSA) is 38.1 Å². The van der Waals surface area contributed by atoms with E-state index >= 15 is 0 Å². The van der Waals surface area contributed by atoms with Gasteiger partial charge in [-0.05, 0) is 51.6 Å². The van der Waals surface area contributed by atoms with Gasteiger partial charge in [0.15, 0.2) is 4.67 Å². The van der Waals surface area contributed by atoms with E-state index in [2.05, 4.69) is 51.4 Å². The minimum atomic E-state index is 0.0270. The van der Waals surface area contributed by atoms with Crippen molar-refractivity contribution in [1.29, 1.82) is 0 Å². The van der Waals surface area contributed by atoms with E-state index in [1.165, 1.54) is 10.9 Å².